The zero-order chi connectivity index (χ0) is 20.5. The maximum atomic E-state index is 13.3. The lowest BCUT2D eigenvalue weighted by molar-refractivity contribution is -0.695. The molecule has 1 aliphatic heterocycles. The van der Waals surface area contributed by atoms with E-state index in [1.54, 1.807) is 53.2 Å². The average Bonchev–Trinajstić information content (AvgIpc) is 2.71. The van der Waals surface area contributed by atoms with Gasteiger partial charge in [0.25, 0.3) is 11.8 Å². The second-order valence-electron chi connectivity index (χ2n) is 6.51. The SMILES string of the molecule is O=C(Nc1ccc(Cl)cc1)C1c2cccc[n+]2CC(=O)N1c1ccc(Cl)c(Cl)c1.[I-]. The second-order valence-corrected chi connectivity index (χ2v) is 7.77. The van der Waals surface area contributed by atoms with Gasteiger partial charge in [-0.15, -0.1) is 0 Å². The quantitative estimate of drug-likeness (QED) is 0.383. The van der Waals surface area contributed by atoms with Crippen molar-refractivity contribution in [3.63, 3.8) is 0 Å². The summed E-state index contributed by atoms with van der Waals surface area (Å²) in [5.74, 6) is -0.588. The average molecular weight is 575 g/mol. The molecule has 0 fully saturated rings. The third-order valence-corrected chi connectivity index (χ3v) is 5.62. The van der Waals surface area contributed by atoms with Crippen molar-refractivity contribution in [3.05, 3.63) is 87.6 Å². The number of benzene rings is 2. The predicted molar refractivity (Wildman–Crippen MR) is 113 cm³/mol. The third kappa shape index (κ3) is 4.56. The molecule has 0 saturated heterocycles. The zero-order valence-electron chi connectivity index (χ0n) is 15.4. The number of hydrogen-bond donors (Lipinski definition) is 1. The third-order valence-electron chi connectivity index (χ3n) is 4.63. The zero-order valence-corrected chi connectivity index (χ0v) is 19.8. The number of rotatable bonds is 3. The number of pyridine rings is 1. The fourth-order valence-electron chi connectivity index (χ4n) is 3.30. The topological polar surface area (TPSA) is 53.3 Å². The Morgan fingerprint density at radius 2 is 1.73 bits per heavy atom. The molecule has 0 radical (unpaired) electrons. The Kier molecular flexibility index (Phi) is 7.23. The highest BCUT2D eigenvalue weighted by atomic mass is 127. The van der Waals surface area contributed by atoms with Crippen LogP contribution in [0.2, 0.25) is 15.1 Å². The van der Waals surface area contributed by atoms with Crippen LogP contribution in [0.25, 0.3) is 0 Å². The summed E-state index contributed by atoms with van der Waals surface area (Å²) in [5, 5.41) is 4.10. The molecule has 2 heterocycles. The molecule has 0 spiro atoms. The molecule has 1 aromatic heterocycles. The Labute approximate surface area is 205 Å². The summed E-state index contributed by atoms with van der Waals surface area (Å²) < 4.78 is 1.77. The van der Waals surface area contributed by atoms with Crippen LogP contribution in [0.3, 0.4) is 0 Å². The van der Waals surface area contributed by atoms with Gasteiger partial charge in [0, 0.05) is 28.5 Å². The number of anilines is 2. The van der Waals surface area contributed by atoms with Gasteiger partial charge in [0.05, 0.1) is 10.0 Å². The van der Waals surface area contributed by atoms with E-state index in [4.69, 9.17) is 34.8 Å². The van der Waals surface area contributed by atoms with Gasteiger partial charge < -0.3 is 29.3 Å². The minimum atomic E-state index is -0.884. The molecule has 1 unspecified atom stereocenters. The van der Waals surface area contributed by atoms with Crippen LogP contribution in [-0.4, -0.2) is 11.8 Å². The smallest absolute Gasteiger partial charge is 0.294 e. The minimum absolute atomic E-state index is 0. The number of nitrogens with one attached hydrogen (secondary N) is 1. The highest BCUT2D eigenvalue weighted by Gasteiger charge is 2.43. The number of amides is 2. The molecule has 0 aliphatic carbocycles. The Morgan fingerprint density at radius 1 is 1.00 bits per heavy atom. The lowest BCUT2D eigenvalue weighted by Crippen LogP contribution is -3.00. The molecular weight excluding hydrogens is 560 g/mol. The maximum absolute atomic E-state index is 13.3. The molecule has 9 heteroatoms. The first kappa shape index (κ1) is 22.8. The molecule has 0 bridgehead atoms. The molecule has 2 aromatic carbocycles. The Morgan fingerprint density at radius 3 is 2.43 bits per heavy atom. The van der Waals surface area contributed by atoms with Crippen molar-refractivity contribution in [1.82, 2.24) is 0 Å². The van der Waals surface area contributed by atoms with E-state index in [1.807, 2.05) is 18.2 Å². The van der Waals surface area contributed by atoms with Gasteiger partial charge in [0.1, 0.15) is 0 Å². The monoisotopic (exact) mass is 573 g/mol. The van der Waals surface area contributed by atoms with Crippen molar-refractivity contribution in [2.45, 2.75) is 12.6 Å². The summed E-state index contributed by atoms with van der Waals surface area (Å²) in [4.78, 5) is 27.7. The normalized spacial score (nSPS) is 15.2. The van der Waals surface area contributed by atoms with Crippen LogP contribution in [-0.2, 0) is 16.1 Å². The highest BCUT2D eigenvalue weighted by Crippen LogP contribution is 2.34. The lowest BCUT2D eigenvalue weighted by atomic mass is 10.0. The lowest BCUT2D eigenvalue weighted by Gasteiger charge is -2.32. The summed E-state index contributed by atoms with van der Waals surface area (Å²) in [6, 6.07) is 16.2. The van der Waals surface area contributed by atoms with E-state index in [-0.39, 0.29) is 42.3 Å². The van der Waals surface area contributed by atoms with Gasteiger partial charge >= 0.3 is 0 Å². The fraction of sp³-hybridized carbons (Fsp3) is 0.0952. The van der Waals surface area contributed by atoms with E-state index >= 15 is 0 Å². The highest BCUT2D eigenvalue weighted by molar-refractivity contribution is 6.42. The number of nitrogens with zero attached hydrogens (tertiary/aromatic N) is 2. The van der Waals surface area contributed by atoms with E-state index in [1.165, 1.54) is 4.90 Å². The summed E-state index contributed by atoms with van der Waals surface area (Å²) in [7, 11) is 0. The van der Waals surface area contributed by atoms with Gasteiger partial charge in [-0.2, -0.15) is 4.57 Å². The number of aromatic nitrogens is 1. The minimum Gasteiger partial charge on any atom is -1.00 e. The van der Waals surface area contributed by atoms with E-state index in [9.17, 15) is 9.59 Å². The molecule has 5 nitrogen and oxygen atoms in total. The number of carbonyl (C=O) groups excluding carboxylic acids is 2. The van der Waals surface area contributed by atoms with Gasteiger partial charge in [0.2, 0.25) is 18.3 Å². The number of halogens is 4. The van der Waals surface area contributed by atoms with Crippen molar-refractivity contribution < 1.29 is 38.1 Å². The first-order valence-electron chi connectivity index (χ1n) is 8.76. The summed E-state index contributed by atoms with van der Waals surface area (Å²) >= 11 is 18.1. The van der Waals surface area contributed by atoms with E-state index in [2.05, 4.69) is 5.32 Å². The molecule has 1 atom stereocenters. The van der Waals surface area contributed by atoms with Crippen LogP contribution in [0, 0.1) is 0 Å². The summed E-state index contributed by atoms with van der Waals surface area (Å²) in [6.45, 7) is 0.112. The second kappa shape index (κ2) is 9.51. The number of hydrogen-bond acceptors (Lipinski definition) is 2. The molecular formula is C21H15Cl3IN3O2. The van der Waals surface area contributed by atoms with E-state index in [0.717, 1.165) is 0 Å². The van der Waals surface area contributed by atoms with Gasteiger partial charge in [-0.05, 0) is 42.5 Å². The van der Waals surface area contributed by atoms with Gasteiger partial charge in [-0.25, -0.2) is 0 Å². The molecule has 2 amide bonds. The van der Waals surface area contributed by atoms with Crippen LogP contribution < -0.4 is 38.8 Å². The van der Waals surface area contributed by atoms with Crippen molar-refractivity contribution in [2.24, 2.45) is 0 Å². The largest absolute Gasteiger partial charge is 1.00 e. The van der Waals surface area contributed by atoms with Crippen molar-refractivity contribution in [2.75, 3.05) is 10.2 Å². The standard InChI is InChI=1S/C21H14Cl3N3O2.HI/c22-13-4-6-14(7-5-13)25-21(29)20-18-3-1-2-10-26(18)12-19(28)27(20)15-8-9-16(23)17(24)11-15;/h1-11,20H,12H2;1H. The van der Waals surface area contributed by atoms with Crippen LogP contribution in [0.15, 0.2) is 66.9 Å². The van der Waals surface area contributed by atoms with Gasteiger partial charge in [-0.3, -0.25) is 14.5 Å². The molecule has 30 heavy (non-hydrogen) atoms. The molecule has 0 saturated carbocycles. The molecule has 3 aromatic rings. The van der Waals surface area contributed by atoms with Crippen molar-refractivity contribution >= 4 is 58.0 Å². The number of carbonyl (C=O) groups is 2. The number of fused-ring (bicyclic) bond motifs is 1. The van der Waals surface area contributed by atoms with Gasteiger partial charge in [-0.1, -0.05) is 40.9 Å². The molecule has 154 valence electrons. The summed E-state index contributed by atoms with van der Waals surface area (Å²) in [6.07, 6.45) is 1.78. The molecule has 1 aliphatic rings. The van der Waals surface area contributed by atoms with E-state index in [0.29, 0.717) is 32.1 Å². The van der Waals surface area contributed by atoms with Gasteiger partial charge in [0.15, 0.2) is 6.20 Å². The van der Waals surface area contributed by atoms with Crippen molar-refractivity contribution in [1.29, 1.82) is 0 Å². The van der Waals surface area contributed by atoms with Crippen LogP contribution >= 0.6 is 34.8 Å². The Hall–Kier alpha value is -1.87. The fourth-order valence-corrected chi connectivity index (χ4v) is 3.72. The Balaban J connectivity index is 0.00000256. The van der Waals surface area contributed by atoms with E-state index < -0.39 is 6.04 Å². The first-order chi connectivity index (χ1) is 13.9. The predicted octanol–water partition coefficient (Wildman–Crippen LogP) is 1.66. The van der Waals surface area contributed by atoms with Crippen molar-refractivity contribution in [3.8, 4) is 0 Å². The Bertz CT molecular complexity index is 1110. The van der Waals surface area contributed by atoms with Crippen LogP contribution in [0.5, 0.6) is 0 Å². The molecule has 1 N–H and O–H groups in total. The summed E-state index contributed by atoms with van der Waals surface area (Å²) in [5.41, 5.74) is 1.76. The van der Waals surface area contributed by atoms with Crippen LogP contribution in [0.4, 0.5) is 11.4 Å². The molecule has 4 rings (SSSR count). The first-order valence-corrected chi connectivity index (χ1v) is 9.89. The van der Waals surface area contributed by atoms with Crippen LogP contribution in [0.1, 0.15) is 11.7 Å². The maximum Gasteiger partial charge on any atom is 0.294 e.